The van der Waals surface area contributed by atoms with Gasteiger partial charge in [-0.15, -0.1) is 0 Å². The first-order chi connectivity index (χ1) is 21.4. The summed E-state index contributed by atoms with van der Waals surface area (Å²) in [5.41, 5.74) is 1.55. The summed E-state index contributed by atoms with van der Waals surface area (Å²) in [6.07, 6.45) is 2.39. The summed E-state index contributed by atoms with van der Waals surface area (Å²) in [7, 11) is 0. The Morgan fingerprint density at radius 3 is 2.07 bits per heavy atom. The average molecular weight is 655 g/mol. The van der Waals surface area contributed by atoms with Crippen LogP contribution in [0.3, 0.4) is 0 Å². The third-order valence-corrected chi connectivity index (χ3v) is 9.00. The molecule has 2 unspecified atom stereocenters. The van der Waals surface area contributed by atoms with E-state index in [9.17, 15) is 14.7 Å². The number of pyridine rings is 1. The topological polar surface area (TPSA) is 116 Å². The van der Waals surface area contributed by atoms with E-state index in [2.05, 4.69) is 33.0 Å². The molecule has 0 spiro atoms. The molecule has 45 heavy (non-hydrogen) atoms. The van der Waals surface area contributed by atoms with Crippen LogP contribution in [0, 0.1) is 0 Å². The molecule has 0 radical (unpaired) electrons. The molecule has 2 saturated heterocycles. The van der Waals surface area contributed by atoms with Gasteiger partial charge in [-0.1, -0.05) is 65.7 Å². The van der Waals surface area contributed by atoms with E-state index >= 15 is 0 Å². The Morgan fingerprint density at radius 2 is 1.49 bits per heavy atom. The smallest absolute Gasteiger partial charge is 0.407 e. The Balaban J connectivity index is 1.23. The molecule has 2 aliphatic rings. The fraction of sp³-hybridized carbons (Fsp3) is 0.441. The number of carbonyl (C=O) groups is 2. The van der Waals surface area contributed by atoms with Crippen molar-refractivity contribution in [1.29, 1.82) is 0 Å². The Bertz CT molecular complexity index is 1450. The van der Waals surface area contributed by atoms with Crippen molar-refractivity contribution in [2.24, 2.45) is 0 Å². The summed E-state index contributed by atoms with van der Waals surface area (Å²) in [6.45, 7) is 6.01. The summed E-state index contributed by atoms with van der Waals surface area (Å²) >= 11 is 13.5. The molecule has 2 fully saturated rings. The van der Waals surface area contributed by atoms with Gasteiger partial charge in [-0.25, -0.2) is 9.59 Å². The van der Waals surface area contributed by atoms with E-state index in [0.29, 0.717) is 34.3 Å². The SMILES string of the molecule is CC(C)(C)OC(=O)NCCNC(=O)NCc1cccc(C2(O)CC3CCC(C2)N3C(c2ccccc2Cl)c2ccccc2Cl)n1. The van der Waals surface area contributed by atoms with E-state index in [1.54, 1.807) is 20.8 Å². The normalized spacial score (nSPS) is 21.4. The molecule has 9 nitrogen and oxygen atoms in total. The number of carbonyl (C=O) groups excluding carboxylic acids is 2. The molecule has 2 atom stereocenters. The molecule has 3 aromatic rings. The number of piperidine rings is 1. The summed E-state index contributed by atoms with van der Waals surface area (Å²) in [5, 5.41) is 21.5. The zero-order valence-corrected chi connectivity index (χ0v) is 27.4. The number of aliphatic hydroxyl groups is 1. The number of rotatable bonds is 9. The van der Waals surface area contributed by atoms with E-state index < -0.39 is 17.3 Å². The number of hydrogen-bond donors (Lipinski definition) is 4. The molecule has 0 aliphatic carbocycles. The van der Waals surface area contributed by atoms with Crippen molar-refractivity contribution in [3.05, 3.63) is 99.3 Å². The fourth-order valence-electron chi connectivity index (χ4n) is 6.50. The average Bonchev–Trinajstić information content (AvgIpc) is 3.25. The highest BCUT2D eigenvalue weighted by Crippen LogP contribution is 2.51. The molecule has 2 aromatic carbocycles. The Kier molecular flexibility index (Phi) is 10.2. The lowest BCUT2D eigenvalue weighted by Crippen LogP contribution is -2.51. The monoisotopic (exact) mass is 653 g/mol. The molecule has 0 saturated carbocycles. The van der Waals surface area contributed by atoms with Gasteiger partial charge in [0.15, 0.2) is 0 Å². The highest BCUT2D eigenvalue weighted by atomic mass is 35.5. The molecule has 2 aliphatic heterocycles. The van der Waals surface area contributed by atoms with Crippen molar-refractivity contribution >= 4 is 35.3 Å². The van der Waals surface area contributed by atoms with Crippen molar-refractivity contribution in [2.45, 2.75) is 82.3 Å². The number of alkyl carbamates (subject to hydrolysis) is 1. The van der Waals surface area contributed by atoms with E-state index in [4.69, 9.17) is 32.9 Å². The number of fused-ring (bicyclic) bond motifs is 2. The van der Waals surface area contributed by atoms with Gasteiger partial charge in [0.25, 0.3) is 0 Å². The molecule has 3 heterocycles. The van der Waals surface area contributed by atoms with E-state index in [1.165, 1.54) is 0 Å². The van der Waals surface area contributed by atoms with Crippen molar-refractivity contribution in [1.82, 2.24) is 25.8 Å². The first-order valence-corrected chi connectivity index (χ1v) is 16.1. The second kappa shape index (κ2) is 14.0. The zero-order chi connectivity index (χ0) is 32.2. The predicted molar refractivity (Wildman–Crippen MR) is 175 cm³/mol. The third kappa shape index (κ3) is 8.08. The number of benzene rings is 2. The minimum atomic E-state index is -1.11. The number of aromatic nitrogens is 1. The van der Waals surface area contributed by atoms with Crippen molar-refractivity contribution < 1.29 is 19.4 Å². The second-order valence-corrected chi connectivity index (χ2v) is 13.6. The number of ether oxygens (including phenoxy) is 1. The maximum Gasteiger partial charge on any atom is 0.407 e. The standard InChI is InChI=1S/C34H41Cl2N5O4/c1-33(2,3)45-32(43)38-18-17-37-31(42)39-21-22-9-8-14-29(40-22)34(44)19-23-15-16-24(20-34)41(23)30(25-10-4-6-12-27(25)35)26-11-5-7-13-28(26)36/h4-14,23-24,30,44H,15-21H2,1-3H3,(H,38,43)(H2,37,39,42). The second-order valence-electron chi connectivity index (χ2n) is 12.8. The lowest BCUT2D eigenvalue weighted by Gasteiger charge is -2.47. The number of amides is 3. The number of urea groups is 1. The van der Waals surface area contributed by atoms with Gasteiger partial charge in [-0.05, 0) is 81.8 Å². The summed E-state index contributed by atoms with van der Waals surface area (Å²) in [5.74, 6) is 0. The predicted octanol–water partition coefficient (Wildman–Crippen LogP) is 6.32. The lowest BCUT2D eigenvalue weighted by atomic mass is 9.81. The highest BCUT2D eigenvalue weighted by molar-refractivity contribution is 6.32. The highest BCUT2D eigenvalue weighted by Gasteiger charge is 2.51. The maximum atomic E-state index is 12.3. The van der Waals surface area contributed by atoms with Gasteiger partial charge in [-0.3, -0.25) is 9.88 Å². The van der Waals surface area contributed by atoms with Crippen LogP contribution in [-0.4, -0.2) is 57.9 Å². The fourth-order valence-corrected chi connectivity index (χ4v) is 6.98. The molecule has 5 rings (SSSR count). The molecule has 3 amide bonds. The van der Waals surface area contributed by atoms with Crippen LogP contribution >= 0.6 is 23.2 Å². The first kappa shape index (κ1) is 33.0. The Labute approximate surface area is 274 Å². The van der Waals surface area contributed by atoms with Gasteiger partial charge < -0.3 is 25.8 Å². The van der Waals surface area contributed by atoms with Crippen molar-refractivity contribution in [2.75, 3.05) is 13.1 Å². The summed E-state index contributed by atoms with van der Waals surface area (Å²) in [4.78, 5) is 31.4. The molecule has 4 N–H and O–H groups in total. The number of halogens is 2. The third-order valence-electron chi connectivity index (χ3n) is 8.31. The minimum absolute atomic E-state index is 0.0925. The molecular weight excluding hydrogens is 613 g/mol. The molecule has 1 aromatic heterocycles. The number of nitrogens with one attached hydrogen (secondary N) is 3. The summed E-state index contributed by atoms with van der Waals surface area (Å²) in [6, 6.07) is 21.0. The van der Waals surface area contributed by atoms with Gasteiger partial charge in [0.05, 0.1) is 24.0 Å². The van der Waals surface area contributed by atoms with Crippen LogP contribution in [0.1, 0.15) is 75.0 Å². The lowest BCUT2D eigenvalue weighted by molar-refractivity contribution is -0.0685. The van der Waals surface area contributed by atoms with Gasteiger partial charge in [0.2, 0.25) is 0 Å². The van der Waals surface area contributed by atoms with Gasteiger partial charge in [0.1, 0.15) is 11.2 Å². The minimum Gasteiger partial charge on any atom is -0.444 e. The van der Waals surface area contributed by atoms with Crippen LogP contribution in [0.25, 0.3) is 0 Å². The Morgan fingerprint density at radius 1 is 0.911 bits per heavy atom. The van der Waals surface area contributed by atoms with Crippen LogP contribution in [-0.2, 0) is 16.9 Å². The van der Waals surface area contributed by atoms with Crippen LogP contribution in [0.5, 0.6) is 0 Å². The van der Waals surface area contributed by atoms with E-state index in [0.717, 1.165) is 24.0 Å². The summed E-state index contributed by atoms with van der Waals surface area (Å²) < 4.78 is 5.18. The van der Waals surface area contributed by atoms with Gasteiger partial charge in [0, 0.05) is 35.2 Å². The largest absolute Gasteiger partial charge is 0.444 e. The van der Waals surface area contributed by atoms with Crippen molar-refractivity contribution in [3.63, 3.8) is 0 Å². The van der Waals surface area contributed by atoms with Gasteiger partial charge >= 0.3 is 12.1 Å². The first-order valence-electron chi connectivity index (χ1n) is 15.4. The Hall–Kier alpha value is -3.37. The number of nitrogens with zero attached hydrogens (tertiary/aromatic N) is 2. The van der Waals surface area contributed by atoms with Crippen LogP contribution in [0.2, 0.25) is 10.0 Å². The van der Waals surface area contributed by atoms with Crippen LogP contribution in [0.4, 0.5) is 9.59 Å². The molecule has 2 bridgehead atoms. The van der Waals surface area contributed by atoms with E-state index in [1.807, 2.05) is 54.6 Å². The van der Waals surface area contributed by atoms with Crippen molar-refractivity contribution in [3.8, 4) is 0 Å². The molecule has 11 heteroatoms. The van der Waals surface area contributed by atoms with E-state index in [-0.39, 0.29) is 43.8 Å². The van der Waals surface area contributed by atoms with Gasteiger partial charge in [-0.2, -0.15) is 0 Å². The van der Waals surface area contributed by atoms with Crippen LogP contribution in [0.15, 0.2) is 66.7 Å². The van der Waals surface area contributed by atoms with Crippen LogP contribution < -0.4 is 16.0 Å². The molecule has 240 valence electrons. The quantitative estimate of drug-likeness (QED) is 0.201. The zero-order valence-electron chi connectivity index (χ0n) is 25.9. The number of hydrogen-bond acceptors (Lipinski definition) is 6. The maximum absolute atomic E-state index is 12.3. The molecular formula is C34H41Cl2N5O4.